The maximum atomic E-state index is 12.5. The number of nitrogen functional groups attached to an aromatic ring is 1. The van der Waals surface area contributed by atoms with Gasteiger partial charge in [0.15, 0.2) is 17.0 Å². The van der Waals surface area contributed by atoms with E-state index in [1.54, 1.807) is 0 Å². The van der Waals surface area contributed by atoms with Crippen molar-refractivity contribution in [3.8, 4) is 0 Å². The average Bonchev–Trinajstić information content (AvgIpc) is 3.26. The van der Waals surface area contributed by atoms with Crippen LogP contribution in [0.15, 0.2) is 11.1 Å². The molecular formula is C14H22N6O10P2. The van der Waals surface area contributed by atoms with Crippen LogP contribution >= 0.6 is 15.2 Å². The quantitative estimate of drug-likeness (QED) is 0.187. The van der Waals surface area contributed by atoms with E-state index in [1.165, 1.54) is 15.8 Å². The summed E-state index contributed by atoms with van der Waals surface area (Å²) in [6, 6.07) is -0.753. The SMILES string of the molecule is Nc1nc2c(ncn2[C@@H]2CN(C(=O)CCP(=O)(O)O)C[C@H]2OC[C@H](O)P(=O)(O)O)c(=O)[nH]1. The molecule has 3 rings (SSSR count). The van der Waals surface area contributed by atoms with Crippen molar-refractivity contribution >= 4 is 38.2 Å². The Kier molecular flexibility index (Phi) is 6.88. The van der Waals surface area contributed by atoms with Crippen molar-refractivity contribution in [3.63, 3.8) is 0 Å². The van der Waals surface area contributed by atoms with Gasteiger partial charge in [-0.05, 0) is 0 Å². The second-order valence-electron chi connectivity index (χ2n) is 7.22. The Morgan fingerprint density at radius 3 is 2.62 bits per heavy atom. The molecular weight excluding hydrogens is 474 g/mol. The maximum Gasteiger partial charge on any atom is 0.356 e. The number of hydrogen-bond acceptors (Lipinski definition) is 9. The van der Waals surface area contributed by atoms with Crippen LogP contribution in [-0.2, 0) is 18.7 Å². The molecule has 0 spiro atoms. The molecule has 1 aliphatic rings. The van der Waals surface area contributed by atoms with Gasteiger partial charge in [0.05, 0.1) is 31.2 Å². The minimum Gasteiger partial charge on any atom is -0.378 e. The summed E-state index contributed by atoms with van der Waals surface area (Å²) in [6.45, 7) is -0.911. The molecule has 1 fully saturated rings. The minimum absolute atomic E-state index is 0.0421. The summed E-state index contributed by atoms with van der Waals surface area (Å²) in [7, 11) is -9.24. The van der Waals surface area contributed by atoms with Gasteiger partial charge in [0.2, 0.25) is 11.9 Å². The standard InChI is InChI=1S/C14H22N6O10P2/c15-14-17-12-11(13(23)18-14)16-6-20(12)7-3-19(9(21)1-2-31(24,25)26)4-8(7)30-5-10(22)32(27,28)29/h6-8,10,22H,1-5H2,(H2,24,25,26)(H2,27,28,29)(H3,15,17,18,23)/t7-,8-,10-/m1/s1. The molecule has 3 heterocycles. The largest absolute Gasteiger partial charge is 0.378 e. The number of amides is 1. The first-order valence-corrected chi connectivity index (χ1v) is 12.6. The Morgan fingerprint density at radius 1 is 1.31 bits per heavy atom. The smallest absolute Gasteiger partial charge is 0.356 e. The molecule has 2 aromatic heterocycles. The zero-order valence-corrected chi connectivity index (χ0v) is 18.2. The molecule has 0 saturated carbocycles. The van der Waals surface area contributed by atoms with Crippen LogP contribution < -0.4 is 11.3 Å². The summed E-state index contributed by atoms with van der Waals surface area (Å²) < 4.78 is 29.2. The highest BCUT2D eigenvalue weighted by Crippen LogP contribution is 2.40. The van der Waals surface area contributed by atoms with Gasteiger partial charge in [0.25, 0.3) is 5.56 Å². The average molecular weight is 496 g/mol. The lowest BCUT2D eigenvalue weighted by Gasteiger charge is -2.22. The van der Waals surface area contributed by atoms with E-state index >= 15 is 0 Å². The summed E-state index contributed by atoms with van der Waals surface area (Å²) in [5, 5.41) is 9.61. The summed E-state index contributed by atoms with van der Waals surface area (Å²) in [6.07, 6.45) is -0.757. The number of imidazole rings is 1. The Morgan fingerprint density at radius 2 is 2.00 bits per heavy atom. The highest BCUT2D eigenvalue weighted by molar-refractivity contribution is 7.52. The number of likely N-dealkylation sites (tertiary alicyclic amines) is 1. The topological polar surface area (TPSA) is 254 Å². The predicted molar refractivity (Wildman–Crippen MR) is 107 cm³/mol. The molecule has 1 amide bonds. The fraction of sp³-hybridized carbons (Fsp3) is 0.571. The molecule has 18 heteroatoms. The van der Waals surface area contributed by atoms with Gasteiger partial charge in [0, 0.05) is 19.5 Å². The van der Waals surface area contributed by atoms with E-state index in [9.17, 15) is 23.8 Å². The van der Waals surface area contributed by atoms with Gasteiger partial charge in [-0.1, -0.05) is 0 Å². The van der Waals surface area contributed by atoms with Crippen LogP contribution in [-0.4, -0.2) is 92.8 Å². The fourth-order valence-corrected chi connectivity index (χ4v) is 4.05. The van der Waals surface area contributed by atoms with Crippen molar-refractivity contribution < 1.29 is 43.3 Å². The van der Waals surface area contributed by atoms with Crippen LogP contribution in [0.3, 0.4) is 0 Å². The van der Waals surface area contributed by atoms with Gasteiger partial charge >= 0.3 is 15.2 Å². The monoisotopic (exact) mass is 496 g/mol. The zero-order chi connectivity index (χ0) is 23.8. The van der Waals surface area contributed by atoms with Gasteiger partial charge < -0.3 is 44.6 Å². The van der Waals surface area contributed by atoms with Gasteiger partial charge in [-0.2, -0.15) is 4.98 Å². The zero-order valence-electron chi connectivity index (χ0n) is 16.4. The molecule has 0 aliphatic carbocycles. The van der Waals surface area contributed by atoms with Crippen LogP contribution in [0, 0.1) is 0 Å². The van der Waals surface area contributed by atoms with Crippen molar-refractivity contribution in [2.24, 2.45) is 0 Å². The molecule has 1 saturated heterocycles. The number of fused-ring (bicyclic) bond motifs is 1. The molecule has 8 N–H and O–H groups in total. The lowest BCUT2D eigenvalue weighted by atomic mass is 10.2. The first kappa shape index (κ1) is 24.5. The van der Waals surface area contributed by atoms with E-state index in [-0.39, 0.29) is 30.2 Å². The number of nitrogens with two attached hydrogens (primary N) is 1. The van der Waals surface area contributed by atoms with Crippen molar-refractivity contribution in [2.45, 2.75) is 24.4 Å². The third kappa shape index (κ3) is 5.60. The summed E-state index contributed by atoms with van der Waals surface area (Å²) in [5.41, 5.74) is 5.02. The number of aromatic amines is 1. The molecule has 16 nitrogen and oxygen atoms in total. The van der Waals surface area contributed by atoms with Crippen molar-refractivity contribution in [1.82, 2.24) is 24.4 Å². The van der Waals surface area contributed by atoms with E-state index in [2.05, 4.69) is 15.0 Å². The maximum absolute atomic E-state index is 12.5. The normalized spacial score (nSPS) is 20.7. The number of aromatic nitrogens is 4. The highest BCUT2D eigenvalue weighted by Gasteiger charge is 2.40. The Labute approximate surface area is 179 Å². The van der Waals surface area contributed by atoms with Crippen LogP contribution in [0.5, 0.6) is 0 Å². The Bertz CT molecular complexity index is 1150. The molecule has 32 heavy (non-hydrogen) atoms. The second kappa shape index (κ2) is 9.00. The summed E-state index contributed by atoms with van der Waals surface area (Å²) in [5.74, 6) is -2.88. The first-order valence-electron chi connectivity index (χ1n) is 9.16. The first-order chi connectivity index (χ1) is 14.8. The number of aliphatic hydroxyl groups is 1. The number of ether oxygens (including phenoxy) is 1. The highest BCUT2D eigenvalue weighted by atomic mass is 31.2. The number of nitrogens with one attached hydrogen (secondary N) is 1. The number of hydrogen-bond donors (Lipinski definition) is 7. The number of H-pyrrole nitrogens is 1. The molecule has 0 bridgehead atoms. The Hall–Kier alpha value is -2.16. The predicted octanol–water partition coefficient (Wildman–Crippen LogP) is -2.47. The third-order valence-corrected chi connectivity index (χ3v) is 6.59. The number of aliphatic hydroxyl groups excluding tert-OH is 1. The molecule has 0 radical (unpaired) electrons. The van der Waals surface area contributed by atoms with E-state index in [1.807, 2.05) is 0 Å². The van der Waals surface area contributed by atoms with Crippen molar-refractivity contribution in [2.75, 3.05) is 31.6 Å². The molecule has 1 aliphatic heterocycles. The van der Waals surface area contributed by atoms with E-state index in [0.717, 1.165) is 0 Å². The number of carbonyl (C=O) groups is 1. The number of carbonyl (C=O) groups excluding carboxylic acids is 1. The van der Waals surface area contributed by atoms with Gasteiger partial charge in [-0.15, -0.1) is 0 Å². The van der Waals surface area contributed by atoms with Crippen LogP contribution in [0.1, 0.15) is 12.5 Å². The number of nitrogens with zero attached hydrogens (tertiary/aromatic N) is 4. The molecule has 3 atom stereocenters. The van der Waals surface area contributed by atoms with Crippen LogP contribution in [0.2, 0.25) is 0 Å². The van der Waals surface area contributed by atoms with E-state index in [0.29, 0.717) is 0 Å². The molecule has 2 aromatic rings. The minimum atomic E-state index is -4.84. The van der Waals surface area contributed by atoms with E-state index in [4.69, 9.17) is 30.0 Å². The number of rotatable bonds is 8. The third-order valence-electron chi connectivity index (χ3n) is 4.86. The molecule has 0 aromatic carbocycles. The lowest BCUT2D eigenvalue weighted by molar-refractivity contribution is -0.130. The van der Waals surface area contributed by atoms with Crippen LogP contribution in [0.25, 0.3) is 11.2 Å². The van der Waals surface area contributed by atoms with Gasteiger partial charge in [0.1, 0.15) is 0 Å². The van der Waals surface area contributed by atoms with Crippen LogP contribution in [0.4, 0.5) is 5.95 Å². The Balaban J connectivity index is 1.88. The summed E-state index contributed by atoms with van der Waals surface area (Å²) in [4.78, 5) is 72.2. The van der Waals surface area contributed by atoms with Gasteiger partial charge in [-0.25, -0.2) is 4.98 Å². The lowest BCUT2D eigenvalue weighted by Crippen LogP contribution is -2.31. The summed E-state index contributed by atoms with van der Waals surface area (Å²) >= 11 is 0. The fourth-order valence-electron chi connectivity index (χ4n) is 3.28. The van der Waals surface area contributed by atoms with Crippen molar-refractivity contribution in [1.29, 1.82) is 0 Å². The molecule has 178 valence electrons. The second-order valence-corrected chi connectivity index (χ2v) is 10.8. The van der Waals surface area contributed by atoms with Gasteiger partial charge in [-0.3, -0.25) is 23.7 Å². The number of anilines is 1. The van der Waals surface area contributed by atoms with Crippen molar-refractivity contribution in [3.05, 3.63) is 16.7 Å². The van der Waals surface area contributed by atoms with E-state index < -0.39 is 63.8 Å². The molecule has 0 unspecified atom stereocenters.